The standard InChI is InChI=1S/C22H25N5O4S/c1-3-32(30,31)26-20-8-7-19(13-16(20)2)25-22(29)17-5-4-6-18(14-17)24-21(28)9-11-27-12-10-23-15-27/h4-8,10,12-15,26H,3,9,11H2,1-2H3,(H,24,28)(H,25,29). The Hall–Kier alpha value is -3.66. The first-order chi connectivity index (χ1) is 15.3. The van der Waals surface area contributed by atoms with Gasteiger partial charge in [0.1, 0.15) is 0 Å². The number of aromatic nitrogens is 2. The number of imidazole rings is 1. The Morgan fingerprint density at radius 2 is 1.84 bits per heavy atom. The molecule has 2 aromatic carbocycles. The van der Waals surface area contributed by atoms with E-state index >= 15 is 0 Å². The zero-order valence-corrected chi connectivity index (χ0v) is 18.6. The van der Waals surface area contributed by atoms with Crippen molar-refractivity contribution in [2.75, 3.05) is 21.1 Å². The Bertz CT molecular complexity index is 1210. The van der Waals surface area contributed by atoms with Gasteiger partial charge < -0.3 is 15.2 Å². The molecule has 9 nitrogen and oxygen atoms in total. The molecule has 0 aliphatic rings. The van der Waals surface area contributed by atoms with Crippen molar-refractivity contribution in [2.45, 2.75) is 26.8 Å². The lowest BCUT2D eigenvalue weighted by Crippen LogP contribution is -2.16. The number of nitrogens with zero attached hydrogens (tertiary/aromatic N) is 2. The average Bonchev–Trinajstić information content (AvgIpc) is 3.28. The molecule has 3 aromatic rings. The van der Waals surface area contributed by atoms with Crippen LogP contribution in [0.25, 0.3) is 0 Å². The second-order valence-electron chi connectivity index (χ2n) is 7.17. The lowest BCUT2D eigenvalue weighted by Gasteiger charge is -2.12. The minimum atomic E-state index is -3.38. The van der Waals surface area contributed by atoms with Crippen LogP contribution in [0.4, 0.5) is 17.1 Å². The van der Waals surface area contributed by atoms with Crippen LogP contribution in [0.5, 0.6) is 0 Å². The normalized spacial score (nSPS) is 11.1. The molecule has 3 rings (SSSR count). The maximum absolute atomic E-state index is 12.7. The summed E-state index contributed by atoms with van der Waals surface area (Å²) in [5, 5.41) is 5.58. The number of hydrogen-bond donors (Lipinski definition) is 3. The van der Waals surface area contributed by atoms with E-state index in [1.54, 1.807) is 75.0 Å². The predicted octanol–water partition coefficient (Wildman–Crippen LogP) is 3.23. The van der Waals surface area contributed by atoms with Gasteiger partial charge in [0, 0.05) is 42.3 Å². The van der Waals surface area contributed by atoms with E-state index in [-0.39, 0.29) is 24.0 Å². The Labute approximate surface area is 186 Å². The van der Waals surface area contributed by atoms with Gasteiger partial charge in [-0.15, -0.1) is 0 Å². The number of aryl methyl sites for hydroxylation is 2. The summed E-state index contributed by atoms with van der Waals surface area (Å²) in [6, 6.07) is 11.6. The van der Waals surface area contributed by atoms with Crippen LogP contribution in [0.1, 0.15) is 29.3 Å². The number of sulfonamides is 1. The molecule has 0 saturated heterocycles. The van der Waals surface area contributed by atoms with Gasteiger partial charge in [-0.2, -0.15) is 0 Å². The van der Waals surface area contributed by atoms with Gasteiger partial charge in [-0.25, -0.2) is 13.4 Å². The molecular formula is C22H25N5O4S. The molecule has 2 amide bonds. The molecule has 0 saturated carbocycles. The molecule has 0 atom stereocenters. The number of anilines is 3. The summed E-state index contributed by atoms with van der Waals surface area (Å²) in [4.78, 5) is 28.8. The molecule has 0 unspecified atom stereocenters. The van der Waals surface area contributed by atoms with Gasteiger partial charge in [-0.05, 0) is 55.8 Å². The second kappa shape index (κ2) is 10.1. The quantitative estimate of drug-likeness (QED) is 0.457. The van der Waals surface area contributed by atoms with E-state index in [2.05, 4.69) is 20.3 Å². The summed E-state index contributed by atoms with van der Waals surface area (Å²) >= 11 is 0. The summed E-state index contributed by atoms with van der Waals surface area (Å²) in [5.74, 6) is -0.542. The van der Waals surface area contributed by atoms with Crippen molar-refractivity contribution in [3.8, 4) is 0 Å². The fourth-order valence-electron chi connectivity index (χ4n) is 2.91. The number of amides is 2. The summed E-state index contributed by atoms with van der Waals surface area (Å²) in [5.41, 5.74) is 2.57. The number of carbonyl (C=O) groups is 2. The molecule has 3 N–H and O–H groups in total. The lowest BCUT2D eigenvalue weighted by molar-refractivity contribution is -0.116. The first-order valence-electron chi connectivity index (χ1n) is 10.0. The van der Waals surface area contributed by atoms with Crippen LogP contribution in [-0.2, 0) is 21.4 Å². The molecule has 10 heteroatoms. The molecule has 168 valence electrons. The van der Waals surface area contributed by atoms with Gasteiger partial charge in [-0.3, -0.25) is 14.3 Å². The molecule has 32 heavy (non-hydrogen) atoms. The molecule has 0 radical (unpaired) electrons. The van der Waals surface area contributed by atoms with E-state index in [1.165, 1.54) is 0 Å². The fraction of sp³-hybridized carbons (Fsp3) is 0.227. The number of benzene rings is 2. The summed E-state index contributed by atoms with van der Waals surface area (Å²) < 4.78 is 27.8. The number of rotatable bonds is 9. The van der Waals surface area contributed by atoms with Crippen molar-refractivity contribution in [2.24, 2.45) is 0 Å². The highest BCUT2D eigenvalue weighted by molar-refractivity contribution is 7.92. The third-order valence-corrected chi connectivity index (χ3v) is 5.99. The van der Waals surface area contributed by atoms with Crippen molar-refractivity contribution in [1.82, 2.24) is 9.55 Å². The van der Waals surface area contributed by atoms with Gasteiger partial charge in [0.25, 0.3) is 5.91 Å². The van der Waals surface area contributed by atoms with Crippen LogP contribution >= 0.6 is 0 Å². The minimum Gasteiger partial charge on any atom is -0.337 e. The highest BCUT2D eigenvalue weighted by Crippen LogP contribution is 2.22. The van der Waals surface area contributed by atoms with Crippen LogP contribution in [0, 0.1) is 6.92 Å². The van der Waals surface area contributed by atoms with Gasteiger partial charge in [0.2, 0.25) is 15.9 Å². The first-order valence-corrected chi connectivity index (χ1v) is 11.7. The van der Waals surface area contributed by atoms with Crippen LogP contribution in [0.2, 0.25) is 0 Å². The fourth-order valence-corrected chi connectivity index (χ4v) is 3.62. The molecule has 1 heterocycles. The van der Waals surface area contributed by atoms with Crippen molar-refractivity contribution in [3.63, 3.8) is 0 Å². The molecule has 1 aromatic heterocycles. The zero-order chi connectivity index (χ0) is 23.1. The second-order valence-corrected chi connectivity index (χ2v) is 9.18. The van der Waals surface area contributed by atoms with E-state index in [9.17, 15) is 18.0 Å². The van der Waals surface area contributed by atoms with Crippen molar-refractivity contribution < 1.29 is 18.0 Å². The van der Waals surface area contributed by atoms with E-state index in [0.717, 1.165) is 0 Å². The third-order valence-electron chi connectivity index (χ3n) is 4.69. The number of hydrogen-bond acceptors (Lipinski definition) is 5. The number of nitrogens with one attached hydrogen (secondary N) is 3. The molecular weight excluding hydrogens is 430 g/mol. The third kappa shape index (κ3) is 6.42. The van der Waals surface area contributed by atoms with Crippen LogP contribution in [-0.4, -0.2) is 35.5 Å². The minimum absolute atomic E-state index is 0.0264. The summed E-state index contributed by atoms with van der Waals surface area (Å²) in [6.07, 6.45) is 5.36. The molecule has 0 bridgehead atoms. The maximum Gasteiger partial charge on any atom is 0.255 e. The monoisotopic (exact) mass is 455 g/mol. The van der Waals surface area contributed by atoms with E-state index in [4.69, 9.17) is 0 Å². The van der Waals surface area contributed by atoms with Gasteiger partial charge in [-0.1, -0.05) is 6.07 Å². The Balaban J connectivity index is 1.61. The lowest BCUT2D eigenvalue weighted by atomic mass is 10.1. The van der Waals surface area contributed by atoms with E-state index < -0.39 is 10.0 Å². The topological polar surface area (TPSA) is 122 Å². The van der Waals surface area contributed by atoms with Gasteiger partial charge in [0.05, 0.1) is 17.8 Å². The molecule has 0 aliphatic carbocycles. The van der Waals surface area contributed by atoms with Gasteiger partial charge in [0.15, 0.2) is 0 Å². The van der Waals surface area contributed by atoms with Crippen LogP contribution in [0.15, 0.2) is 61.2 Å². The summed E-state index contributed by atoms with van der Waals surface area (Å²) in [7, 11) is -3.38. The highest BCUT2D eigenvalue weighted by Gasteiger charge is 2.12. The largest absolute Gasteiger partial charge is 0.337 e. The Morgan fingerprint density at radius 1 is 1.06 bits per heavy atom. The first kappa shape index (κ1) is 23.0. The van der Waals surface area contributed by atoms with Crippen molar-refractivity contribution >= 4 is 38.9 Å². The summed E-state index contributed by atoms with van der Waals surface area (Å²) in [6.45, 7) is 3.82. The average molecular weight is 456 g/mol. The van der Waals surface area contributed by atoms with E-state index in [0.29, 0.717) is 34.7 Å². The highest BCUT2D eigenvalue weighted by atomic mass is 32.2. The number of carbonyl (C=O) groups excluding carboxylic acids is 2. The van der Waals surface area contributed by atoms with Gasteiger partial charge >= 0.3 is 0 Å². The van der Waals surface area contributed by atoms with Crippen molar-refractivity contribution in [3.05, 3.63) is 72.3 Å². The Kier molecular flexibility index (Phi) is 7.26. The zero-order valence-electron chi connectivity index (χ0n) is 17.8. The molecule has 0 fully saturated rings. The molecule has 0 spiro atoms. The van der Waals surface area contributed by atoms with Crippen LogP contribution in [0.3, 0.4) is 0 Å². The van der Waals surface area contributed by atoms with Crippen molar-refractivity contribution in [1.29, 1.82) is 0 Å². The predicted molar refractivity (Wildman–Crippen MR) is 124 cm³/mol. The molecule has 0 aliphatic heterocycles. The van der Waals surface area contributed by atoms with E-state index in [1.807, 2.05) is 4.57 Å². The smallest absolute Gasteiger partial charge is 0.255 e. The van der Waals surface area contributed by atoms with Crippen LogP contribution < -0.4 is 15.4 Å². The Morgan fingerprint density at radius 3 is 2.53 bits per heavy atom. The maximum atomic E-state index is 12.7. The SMILES string of the molecule is CCS(=O)(=O)Nc1ccc(NC(=O)c2cccc(NC(=O)CCn3ccnc3)c2)cc1C.